The van der Waals surface area contributed by atoms with Gasteiger partial charge in [0.25, 0.3) is 0 Å². The number of hydrogen-bond donors (Lipinski definition) is 2. The van der Waals surface area contributed by atoms with Crippen LogP contribution in [0.4, 0.5) is 4.79 Å². The Morgan fingerprint density at radius 1 is 1.38 bits per heavy atom. The molecule has 1 aliphatic rings. The Morgan fingerprint density at radius 3 is 2.12 bits per heavy atom. The predicted molar refractivity (Wildman–Crippen MR) is 28.7 cm³/mol. The van der Waals surface area contributed by atoms with E-state index < -0.39 is 6.03 Å². The van der Waals surface area contributed by atoms with E-state index in [1.165, 1.54) is 0 Å². The van der Waals surface area contributed by atoms with Crippen LogP contribution >= 0.6 is 0 Å². The van der Waals surface area contributed by atoms with Gasteiger partial charge in [0.1, 0.15) is 0 Å². The van der Waals surface area contributed by atoms with Gasteiger partial charge < -0.3 is 5.32 Å². The topological polar surface area (TPSA) is 58.2 Å². The maximum atomic E-state index is 10.1. The number of carbonyl (C=O) groups excluding carboxylic acids is 2. The molecule has 0 saturated carbocycles. The number of rotatable bonds is 0. The van der Waals surface area contributed by atoms with Gasteiger partial charge in [0.05, 0.1) is 6.54 Å². The summed E-state index contributed by atoms with van der Waals surface area (Å²) < 4.78 is 0. The molecular formula is C3H5KN2O2. The average Bonchev–Trinajstić information content (AvgIpc) is 1.87. The Bertz CT molecular complexity index is 110. The van der Waals surface area contributed by atoms with Crippen LogP contribution in [0.15, 0.2) is 0 Å². The first-order valence-corrected chi connectivity index (χ1v) is 1.87. The van der Waals surface area contributed by atoms with E-state index in [1.54, 1.807) is 0 Å². The molecule has 4 nitrogen and oxygen atoms in total. The van der Waals surface area contributed by atoms with Gasteiger partial charge >= 0.3 is 57.4 Å². The number of urea groups is 1. The van der Waals surface area contributed by atoms with Crippen molar-refractivity contribution in [3.8, 4) is 0 Å². The quantitative estimate of drug-likeness (QED) is 0.307. The molecule has 3 amide bonds. The summed E-state index contributed by atoms with van der Waals surface area (Å²) in [6.45, 7) is 0.124. The molecule has 0 spiro atoms. The summed E-state index contributed by atoms with van der Waals surface area (Å²) in [7, 11) is 0. The molecule has 5 heteroatoms. The molecule has 0 atom stereocenters. The number of nitrogens with one attached hydrogen (secondary N) is 2. The van der Waals surface area contributed by atoms with Gasteiger partial charge in [-0.15, -0.1) is 0 Å². The maximum absolute atomic E-state index is 10.1. The van der Waals surface area contributed by atoms with E-state index in [9.17, 15) is 9.59 Å². The number of carbonyl (C=O) groups is 2. The fourth-order valence-corrected chi connectivity index (χ4v) is 0.376. The van der Waals surface area contributed by atoms with Crippen molar-refractivity contribution in [2.75, 3.05) is 6.54 Å². The normalized spacial score (nSPS) is 16.5. The second kappa shape index (κ2) is 3.57. The van der Waals surface area contributed by atoms with Crippen LogP contribution in [-0.4, -0.2) is 69.9 Å². The van der Waals surface area contributed by atoms with Crippen LogP contribution < -0.4 is 10.6 Å². The van der Waals surface area contributed by atoms with E-state index in [0.717, 1.165) is 0 Å². The fraction of sp³-hybridized carbons (Fsp3) is 0.333. The fourth-order valence-electron chi connectivity index (χ4n) is 0.376. The molecule has 0 aromatic heterocycles. The SMILES string of the molecule is O=C1CNC(=O)N1.[KH]. The van der Waals surface area contributed by atoms with Crippen LogP contribution in [0.25, 0.3) is 0 Å². The van der Waals surface area contributed by atoms with Gasteiger partial charge in [-0.25, -0.2) is 4.79 Å². The molecule has 1 heterocycles. The minimum absolute atomic E-state index is 0. The zero-order valence-corrected chi connectivity index (χ0v) is 3.52. The van der Waals surface area contributed by atoms with Crippen LogP contribution in [0.3, 0.4) is 0 Å². The van der Waals surface area contributed by atoms with Gasteiger partial charge in [0.2, 0.25) is 5.91 Å². The molecule has 1 fully saturated rings. The van der Waals surface area contributed by atoms with Gasteiger partial charge in [-0.2, -0.15) is 0 Å². The van der Waals surface area contributed by atoms with E-state index >= 15 is 0 Å². The van der Waals surface area contributed by atoms with Crippen molar-refractivity contribution in [3.05, 3.63) is 0 Å². The number of hydrogen-bond acceptors (Lipinski definition) is 2. The molecule has 0 aromatic carbocycles. The van der Waals surface area contributed by atoms with Crippen molar-refractivity contribution in [1.82, 2.24) is 10.6 Å². The summed E-state index contributed by atoms with van der Waals surface area (Å²) in [4.78, 5) is 20.1. The van der Waals surface area contributed by atoms with Gasteiger partial charge in [0, 0.05) is 0 Å². The van der Waals surface area contributed by atoms with E-state index in [-0.39, 0.29) is 63.8 Å². The van der Waals surface area contributed by atoms with E-state index in [0.29, 0.717) is 0 Å². The third-order valence-corrected chi connectivity index (χ3v) is 0.662. The Morgan fingerprint density at radius 2 is 2.00 bits per heavy atom. The van der Waals surface area contributed by atoms with Crippen LogP contribution in [0, 0.1) is 0 Å². The van der Waals surface area contributed by atoms with E-state index in [4.69, 9.17) is 0 Å². The third kappa shape index (κ3) is 2.23. The molecule has 1 saturated heterocycles. The molecule has 0 radical (unpaired) electrons. The molecule has 8 heavy (non-hydrogen) atoms. The first-order valence-electron chi connectivity index (χ1n) is 1.87. The zero-order chi connectivity index (χ0) is 5.28. The second-order valence-electron chi connectivity index (χ2n) is 1.23. The van der Waals surface area contributed by atoms with Crippen molar-refractivity contribution in [3.63, 3.8) is 0 Å². The summed E-state index contributed by atoms with van der Waals surface area (Å²) >= 11 is 0. The van der Waals surface area contributed by atoms with E-state index in [2.05, 4.69) is 5.32 Å². The average molecular weight is 140 g/mol. The molecular weight excluding hydrogens is 135 g/mol. The minimum atomic E-state index is -0.398. The summed E-state index contributed by atoms with van der Waals surface area (Å²) in [5, 5.41) is 4.30. The summed E-state index contributed by atoms with van der Waals surface area (Å²) in [5.74, 6) is -0.259. The standard InChI is InChI=1S/C3H4N2O2.K.H/c6-2-1-4-3(7)5-2;;/h1H2,(H2,4,5,6,7);;. The molecule has 1 aliphatic heterocycles. The molecule has 2 N–H and O–H groups in total. The Balaban J connectivity index is 0.000000490. The molecule has 0 aliphatic carbocycles. The Kier molecular flexibility index (Phi) is 3.83. The predicted octanol–water partition coefficient (Wildman–Crippen LogP) is -1.82. The molecule has 1 rings (SSSR count). The third-order valence-electron chi connectivity index (χ3n) is 0.662. The molecule has 0 aromatic rings. The zero-order valence-electron chi connectivity index (χ0n) is 3.52. The first kappa shape index (κ1) is 8.58. The number of imide groups is 1. The van der Waals surface area contributed by atoms with Crippen molar-refractivity contribution in [2.24, 2.45) is 0 Å². The van der Waals surface area contributed by atoms with Gasteiger partial charge in [-0.3, -0.25) is 10.1 Å². The van der Waals surface area contributed by atoms with Gasteiger partial charge in [-0.05, 0) is 0 Å². The molecule has 0 unspecified atom stereocenters. The van der Waals surface area contributed by atoms with Crippen LogP contribution in [0.1, 0.15) is 0 Å². The second-order valence-corrected chi connectivity index (χ2v) is 1.23. The van der Waals surface area contributed by atoms with Crippen molar-refractivity contribution >= 4 is 63.3 Å². The summed E-state index contributed by atoms with van der Waals surface area (Å²) in [6, 6.07) is -0.398. The molecule has 0 bridgehead atoms. The van der Waals surface area contributed by atoms with Crippen LogP contribution in [-0.2, 0) is 4.79 Å². The first-order chi connectivity index (χ1) is 3.29. The van der Waals surface area contributed by atoms with Gasteiger partial charge in [-0.1, -0.05) is 0 Å². The Labute approximate surface area is 88.8 Å². The number of amides is 3. The molecule has 40 valence electrons. The van der Waals surface area contributed by atoms with Crippen molar-refractivity contribution < 1.29 is 9.59 Å². The monoisotopic (exact) mass is 140 g/mol. The van der Waals surface area contributed by atoms with Crippen molar-refractivity contribution in [2.45, 2.75) is 0 Å². The summed E-state index contributed by atoms with van der Waals surface area (Å²) in [5.41, 5.74) is 0. The van der Waals surface area contributed by atoms with Crippen LogP contribution in [0.2, 0.25) is 0 Å². The van der Waals surface area contributed by atoms with Gasteiger partial charge in [0.15, 0.2) is 0 Å². The Hall–Kier alpha value is 0.576. The van der Waals surface area contributed by atoms with E-state index in [1.807, 2.05) is 5.32 Å². The van der Waals surface area contributed by atoms with Crippen molar-refractivity contribution in [1.29, 1.82) is 0 Å². The summed E-state index contributed by atoms with van der Waals surface area (Å²) in [6.07, 6.45) is 0. The van der Waals surface area contributed by atoms with Crippen LogP contribution in [0.5, 0.6) is 0 Å².